The molecule has 2 fully saturated rings. The monoisotopic (exact) mass is 573 g/mol. The van der Waals surface area contributed by atoms with Crippen molar-refractivity contribution in [2.45, 2.75) is 70.2 Å². The molecule has 0 radical (unpaired) electrons. The van der Waals surface area contributed by atoms with Crippen molar-refractivity contribution in [3.63, 3.8) is 0 Å². The van der Waals surface area contributed by atoms with Crippen LogP contribution in [-0.2, 0) is 37.6 Å². The Balaban J connectivity index is 1.70. The number of carbonyl (C=O) groups is 2. The Morgan fingerprint density at radius 3 is 2.55 bits per heavy atom. The van der Waals surface area contributed by atoms with Gasteiger partial charge >= 0.3 is 6.09 Å². The summed E-state index contributed by atoms with van der Waals surface area (Å²) in [4.78, 5) is 46.1. The van der Waals surface area contributed by atoms with Crippen molar-refractivity contribution in [3.05, 3.63) is 68.6 Å². The lowest BCUT2D eigenvalue weighted by molar-refractivity contribution is -0.160. The van der Waals surface area contributed by atoms with Gasteiger partial charge in [-0.05, 0) is 75.3 Å². The van der Waals surface area contributed by atoms with Crippen molar-refractivity contribution < 1.29 is 23.8 Å². The molecule has 1 aliphatic heterocycles. The molecule has 2 atom stereocenters. The van der Waals surface area contributed by atoms with Crippen molar-refractivity contribution in [1.82, 2.24) is 14.8 Å². The zero-order chi connectivity index (χ0) is 29.1. The lowest BCUT2D eigenvalue weighted by Gasteiger charge is -2.47. The highest BCUT2D eigenvalue weighted by Gasteiger charge is 2.52. The lowest BCUT2D eigenvalue weighted by atomic mass is 9.75. The molecule has 2 amide bonds. The number of carbonyl (C=O) groups excluding carboxylic acids is 2. The number of H-pyrrole nitrogens is 1. The Kier molecular flexibility index (Phi) is 9.27. The third-order valence-electron chi connectivity index (χ3n) is 7.61. The Hall–Kier alpha value is -2.88. The van der Waals surface area contributed by atoms with Gasteiger partial charge in [-0.1, -0.05) is 23.7 Å². The van der Waals surface area contributed by atoms with E-state index in [0.717, 1.165) is 30.4 Å². The second kappa shape index (κ2) is 12.3. The third-order valence-corrected chi connectivity index (χ3v) is 7.98. The first-order valence-electron chi connectivity index (χ1n) is 13.8. The molecule has 9 nitrogen and oxygen atoms in total. The topological polar surface area (TPSA) is 101 Å². The van der Waals surface area contributed by atoms with Crippen LogP contribution in [0.15, 0.2) is 41.3 Å². The second-order valence-corrected chi connectivity index (χ2v) is 12.0. The molecule has 1 aliphatic carbocycles. The number of benzene rings is 1. The van der Waals surface area contributed by atoms with Crippen molar-refractivity contribution in [1.29, 1.82) is 0 Å². The van der Waals surface area contributed by atoms with Crippen LogP contribution < -0.4 is 5.56 Å². The van der Waals surface area contributed by atoms with E-state index in [0.29, 0.717) is 36.7 Å². The summed E-state index contributed by atoms with van der Waals surface area (Å²) >= 11 is 6.61. The molecule has 1 aromatic carbocycles. The first-order valence-corrected chi connectivity index (χ1v) is 14.1. The van der Waals surface area contributed by atoms with Gasteiger partial charge in [-0.15, -0.1) is 0 Å². The van der Waals surface area contributed by atoms with Crippen LogP contribution in [0.4, 0.5) is 4.79 Å². The quantitative estimate of drug-likeness (QED) is 0.474. The van der Waals surface area contributed by atoms with Crippen LogP contribution in [0.25, 0.3) is 0 Å². The molecule has 218 valence electrons. The molecule has 2 aromatic rings. The van der Waals surface area contributed by atoms with Gasteiger partial charge in [0.25, 0.3) is 0 Å². The summed E-state index contributed by atoms with van der Waals surface area (Å²) in [5.41, 5.74) is 0.484. The number of hydrogen-bond acceptors (Lipinski definition) is 6. The summed E-state index contributed by atoms with van der Waals surface area (Å²) in [6.45, 7) is 6.77. The Bertz CT molecular complexity index is 1270. The fourth-order valence-corrected chi connectivity index (χ4v) is 5.58. The van der Waals surface area contributed by atoms with E-state index in [-0.39, 0.29) is 24.1 Å². The summed E-state index contributed by atoms with van der Waals surface area (Å²) in [6.07, 6.45) is 3.92. The zero-order valence-corrected chi connectivity index (χ0v) is 24.8. The molecule has 0 bridgehead atoms. The Morgan fingerprint density at radius 2 is 1.93 bits per heavy atom. The first-order chi connectivity index (χ1) is 19.0. The molecule has 1 aromatic heterocycles. The van der Waals surface area contributed by atoms with E-state index in [9.17, 15) is 14.4 Å². The number of methoxy groups -OCH3 is 2. The smallest absolute Gasteiger partial charge is 0.410 e. The highest BCUT2D eigenvalue weighted by atomic mass is 35.5. The molecule has 40 heavy (non-hydrogen) atoms. The predicted octanol–water partition coefficient (Wildman–Crippen LogP) is 4.51. The highest BCUT2D eigenvalue weighted by Crippen LogP contribution is 2.43. The largest absolute Gasteiger partial charge is 0.444 e. The molecule has 0 spiro atoms. The summed E-state index contributed by atoms with van der Waals surface area (Å²) in [5, 5.41) is 0.589. The van der Waals surface area contributed by atoms with E-state index >= 15 is 0 Å². The average molecular weight is 574 g/mol. The van der Waals surface area contributed by atoms with Crippen LogP contribution in [0.1, 0.15) is 56.7 Å². The number of likely N-dealkylation sites (tertiary alicyclic amines) is 1. The number of piperidine rings is 1. The zero-order valence-electron chi connectivity index (χ0n) is 24.0. The highest BCUT2D eigenvalue weighted by molar-refractivity contribution is 6.31. The number of nitrogens with zero attached hydrogens (tertiary/aromatic N) is 2. The van der Waals surface area contributed by atoms with Crippen molar-refractivity contribution >= 4 is 23.6 Å². The number of ether oxygens (including phenoxy) is 3. The van der Waals surface area contributed by atoms with E-state index in [4.69, 9.17) is 25.8 Å². The van der Waals surface area contributed by atoms with Gasteiger partial charge in [-0.3, -0.25) is 9.59 Å². The number of rotatable bonds is 9. The summed E-state index contributed by atoms with van der Waals surface area (Å²) in [6, 6.07) is 9.17. The van der Waals surface area contributed by atoms with Crippen molar-refractivity contribution in [3.8, 4) is 0 Å². The van der Waals surface area contributed by atoms with Crippen LogP contribution >= 0.6 is 11.6 Å². The van der Waals surface area contributed by atoms with Gasteiger partial charge < -0.3 is 29.0 Å². The normalized spacial score (nSPS) is 21.2. The van der Waals surface area contributed by atoms with Gasteiger partial charge in [0.1, 0.15) is 11.2 Å². The van der Waals surface area contributed by atoms with Crippen molar-refractivity contribution in [2.24, 2.45) is 5.92 Å². The number of pyridine rings is 1. The minimum Gasteiger partial charge on any atom is -0.444 e. The summed E-state index contributed by atoms with van der Waals surface area (Å²) < 4.78 is 17.0. The number of amides is 2. The van der Waals surface area contributed by atoms with E-state index < -0.39 is 23.2 Å². The molecule has 1 saturated carbocycles. The third kappa shape index (κ3) is 6.87. The molecule has 0 unspecified atom stereocenters. The molecule has 1 saturated heterocycles. The predicted molar refractivity (Wildman–Crippen MR) is 152 cm³/mol. The maximum atomic E-state index is 14.6. The SMILES string of the molecule is COCCc1ccc(Cl)c(CN(C(=O)[C@H]2CN(C(=O)OC(C)(C)C)CC[C@@]2(OC)c2cc[nH]c(=O)c2)C2CC2)c1. The van der Waals surface area contributed by atoms with Gasteiger partial charge in [-0.25, -0.2) is 4.79 Å². The first kappa shape index (κ1) is 30.1. The van der Waals surface area contributed by atoms with Gasteiger partial charge in [0.05, 0.1) is 12.5 Å². The molecule has 4 rings (SSSR count). The Morgan fingerprint density at radius 1 is 1.18 bits per heavy atom. The van der Waals surface area contributed by atoms with E-state index in [2.05, 4.69) is 4.98 Å². The second-order valence-electron chi connectivity index (χ2n) is 11.6. The molecule has 1 N–H and O–H groups in total. The molecular weight excluding hydrogens is 534 g/mol. The lowest BCUT2D eigenvalue weighted by Crippen LogP contribution is -2.58. The van der Waals surface area contributed by atoms with Crippen LogP contribution in [-0.4, -0.2) is 72.3 Å². The van der Waals surface area contributed by atoms with Gasteiger partial charge in [0, 0.05) is 57.2 Å². The maximum absolute atomic E-state index is 14.6. The summed E-state index contributed by atoms with van der Waals surface area (Å²) in [5.74, 6) is -0.909. The van der Waals surface area contributed by atoms with E-state index in [1.54, 1.807) is 31.4 Å². The number of hydrogen-bond donors (Lipinski definition) is 1. The minimum absolute atomic E-state index is 0.0665. The number of halogens is 1. The molecular formula is C30H40ClN3O6. The summed E-state index contributed by atoms with van der Waals surface area (Å²) in [7, 11) is 3.22. The number of aromatic nitrogens is 1. The average Bonchev–Trinajstić information content (AvgIpc) is 3.75. The van der Waals surface area contributed by atoms with Gasteiger partial charge in [0.2, 0.25) is 11.5 Å². The van der Waals surface area contributed by atoms with Crippen LogP contribution in [0, 0.1) is 5.92 Å². The van der Waals surface area contributed by atoms with E-state index in [1.165, 1.54) is 6.07 Å². The van der Waals surface area contributed by atoms with E-state index in [1.807, 2.05) is 43.9 Å². The Labute approximate surface area is 240 Å². The molecule has 2 aliphatic rings. The van der Waals surface area contributed by atoms with Crippen LogP contribution in [0.3, 0.4) is 0 Å². The van der Waals surface area contributed by atoms with Crippen LogP contribution in [0.2, 0.25) is 5.02 Å². The number of nitrogens with one attached hydrogen (secondary N) is 1. The standard InChI is InChI=1S/C30H40ClN3O6/c1-29(2,3)40-28(37)33-14-12-30(39-5,22-10-13-32-26(35)17-22)24(19-33)27(36)34(23-7-8-23)18-21-16-20(11-15-38-4)6-9-25(21)31/h6,9-10,13,16-17,23-24H,7-8,11-12,14-15,18-19H2,1-5H3,(H,32,35)/t24-,30-/m1/s1. The fourth-order valence-electron chi connectivity index (χ4n) is 5.40. The fraction of sp³-hybridized carbons (Fsp3) is 0.567. The maximum Gasteiger partial charge on any atom is 0.410 e. The van der Waals surface area contributed by atoms with Gasteiger partial charge in [-0.2, -0.15) is 0 Å². The van der Waals surface area contributed by atoms with Crippen molar-refractivity contribution in [2.75, 3.05) is 33.9 Å². The number of aromatic amines is 1. The van der Waals surface area contributed by atoms with Crippen LogP contribution in [0.5, 0.6) is 0 Å². The molecule has 2 heterocycles. The minimum atomic E-state index is -1.10. The molecule has 10 heteroatoms. The van der Waals surface area contributed by atoms with Gasteiger partial charge in [0.15, 0.2) is 0 Å².